The number of hydrogen-bond acceptors (Lipinski definition) is 7. The van der Waals surface area contributed by atoms with Gasteiger partial charge in [0.1, 0.15) is 0 Å². The first-order chi connectivity index (χ1) is 12.6. The van der Waals surface area contributed by atoms with Gasteiger partial charge in [-0.2, -0.15) is 0 Å². The number of hydrogen-bond donors (Lipinski definition) is 3. The van der Waals surface area contributed by atoms with Crippen LogP contribution in [0.3, 0.4) is 0 Å². The Morgan fingerprint density at radius 2 is 2.00 bits per heavy atom. The van der Waals surface area contributed by atoms with Crippen LogP contribution in [-0.4, -0.2) is 37.5 Å². The first-order valence-corrected chi connectivity index (χ1v) is 11.2. The smallest absolute Gasteiger partial charge is 0.257 e. The van der Waals surface area contributed by atoms with E-state index in [0.29, 0.717) is 16.4 Å². The summed E-state index contributed by atoms with van der Waals surface area (Å²) in [6, 6.07) is 4.38. The Hall–Kier alpha value is -1.95. The number of thiazole rings is 1. The fraction of sp³-hybridized carbons (Fsp3) is 0.312. The highest BCUT2D eigenvalue weighted by molar-refractivity contribution is 8.01. The van der Waals surface area contributed by atoms with Gasteiger partial charge in [-0.15, -0.1) is 11.8 Å². The van der Waals surface area contributed by atoms with Gasteiger partial charge in [0.2, 0.25) is 15.9 Å². The van der Waals surface area contributed by atoms with Gasteiger partial charge < -0.3 is 5.73 Å². The number of rotatable bonds is 8. The second-order valence-corrected chi connectivity index (χ2v) is 9.59. The molecule has 0 bridgehead atoms. The van der Waals surface area contributed by atoms with Crippen molar-refractivity contribution in [1.82, 2.24) is 9.71 Å². The maximum Gasteiger partial charge on any atom is 0.257 e. The van der Waals surface area contributed by atoms with Crippen molar-refractivity contribution in [2.45, 2.75) is 29.9 Å². The third kappa shape index (κ3) is 5.51. The lowest BCUT2D eigenvalue weighted by Crippen LogP contribution is -2.24. The highest BCUT2D eigenvalue weighted by Crippen LogP contribution is 2.32. The molecule has 0 saturated heterocycles. The summed E-state index contributed by atoms with van der Waals surface area (Å²) in [5, 5.41) is 3.05. The van der Waals surface area contributed by atoms with Crippen LogP contribution >= 0.6 is 23.1 Å². The van der Waals surface area contributed by atoms with E-state index >= 15 is 0 Å². The van der Waals surface area contributed by atoms with Gasteiger partial charge in [0, 0.05) is 12.1 Å². The lowest BCUT2D eigenvalue weighted by Gasteiger charge is -2.09. The number of aromatic nitrogens is 1. The van der Waals surface area contributed by atoms with Crippen LogP contribution in [0.1, 0.15) is 28.5 Å². The lowest BCUT2D eigenvalue weighted by atomic mass is 10.1. The molecule has 0 fully saturated rings. The summed E-state index contributed by atoms with van der Waals surface area (Å²) < 4.78 is 27.5. The Kier molecular flexibility index (Phi) is 6.98. The number of carbonyl (C=O) groups is 2. The maximum atomic E-state index is 12.6. The SMILES string of the molecule is CCNS(=O)(=O)c1ccc(C)c(C(=O)Nc2nc(C)c(SCC(N)=O)s2)c1. The molecule has 0 unspecified atom stereocenters. The Bertz CT molecular complexity index is 970. The fourth-order valence-corrected chi connectivity index (χ4v) is 5.10. The zero-order valence-electron chi connectivity index (χ0n) is 15.0. The van der Waals surface area contributed by atoms with Crippen LogP contribution in [0.2, 0.25) is 0 Å². The van der Waals surface area contributed by atoms with E-state index in [2.05, 4.69) is 15.0 Å². The van der Waals surface area contributed by atoms with Crippen molar-refractivity contribution in [2.24, 2.45) is 5.73 Å². The monoisotopic (exact) mass is 428 g/mol. The Morgan fingerprint density at radius 1 is 1.30 bits per heavy atom. The quantitative estimate of drug-likeness (QED) is 0.550. The van der Waals surface area contributed by atoms with Crippen molar-refractivity contribution in [1.29, 1.82) is 0 Å². The third-order valence-corrected chi connectivity index (χ3v) is 7.42. The first kappa shape index (κ1) is 21.4. The predicted molar refractivity (Wildman–Crippen MR) is 107 cm³/mol. The second kappa shape index (κ2) is 8.83. The number of thioether (sulfide) groups is 1. The van der Waals surface area contributed by atoms with Gasteiger partial charge in [0.15, 0.2) is 5.13 Å². The predicted octanol–water partition coefficient (Wildman–Crippen LogP) is 1.89. The second-order valence-electron chi connectivity index (χ2n) is 5.58. The molecule has 4 N–H and O–H groups in total. The number of nitrogens with one attached hydrogen (secondary N) is 2. The molecule has 8 nitrogen and oxygen atoms in total. The number of amides is 2. The number of benzene rings is 1. The highest BCUT2D eigenvalue weighted by Gasteiger charge is 2.19. The molecule has 2 amide bonds. The molecular weight excluding hydrogens is 408 g/mol. The molecule has 27 heavy (non-hydrogen) atoms. The number of anilines is 1. The number of primary amides is 1. The molecule has 2 rings (SSSR count). The minimum absolute atomic E-state index is 0.0214. The fourth-order valence-electron chi connectivity index (χ4n) is 2.16. The molecule has 0 aliphatic carbocycles. The molecule has 1 aromatic carbocycles. The highest BCUT2D eigenvalue weighted by atomic mass is 32.2. The summed E-state index contributed by atoms with van der Waals surface area (Å²) in [4.78, 5) is 27.8. The molecule has 11 heteroatoms. The summed E-state index contributed by atoms with van der Waals surface area (Å²) in [7, 11) is -3.66. The van der Waals surface area contributed by atoms with Gasteiger partial charge in [-0.05, 0) is 31.5 Å². The largest absolute Gasteiger partial charge is 0.369 e. The van der Waals surface area contributed by atoms with E-state index in [1.54, 1.807) is 26.8 Å². The van der Waals surface area contributed by atoms with Crippen LogP contribution in [0.25, 0.3) is 0 Å². The van der Waals surface area contributed by atoms with Crippen molar-refractivity contribution in [3.05, 3.63) is 35.0 Å². The zero-order valence-corrected chi connectivity index (χ0v) is 17.5. The molecule has 0 spiro atoms. The molecule has 2 aromatic rings. The average Bonchev–Trinajstić information content (AvgIpc) is 2.92. The van der Waals surface area contributed by atoms with Crippen molar-refractivity contribution in [3.8, 4) is 0 Å². The van der Waals surface area contributed by atoms with E-state index in [4.69, 9.17) is 5.73 Å². The van der Waals surface area contributed by atoms with Gasteiger partial charge in [0.05, 0.1) is 20.6 Å². The normalized spacial score (nSPS) is 11.4. The average molecular weight is 429 g/mol. The Morgan fingerprint density at radius 3 is 2.63 bits per heavy atom. The van der Waals surface area contributed by atoms with Gasteiger partial charge in [-0.3, -0.25) is 14.9 Å². The van der Waals surface area contributed by atoms with Crippen molar-refractivity contribution < 1.29 is 18.0 Å². The summed E-state index contributed by atoms with van der Waals surface area (Å²) in [6.45, 7) is 5.42. The van der Waals surface area contributed by atoms with Crippen molar-refractivity contribution in [3.63, 3.8) is 0 Å². The number of sulfonamides is 1. The summed E-state index contributed by atoms with van der Waals surface area (Å²) >= 11 is 2.49. The molecule has 0 atom stereocenters. The van der Waals surface area contributed by atoms with Crippen molar-refractivity contribution >= 4 is 50.1 Å². The molecule has 0 aliphatic rings. The lowest BCUT2D eigenvalue weighted by molar-refractivity contribution is -0.115. The Balaban J connectivity index is 2.23. The van der Waals surface area contributed by atoms with Crippen LogP contribution in [0.15, 0.2) is 27.3 Å². The molecule has 0 aliphatic heterocycles. The summed E-state index contributed by atoms with van der Waals surface area (Å²) in [6.07, 6.45) is 0. The Labute approximate surface area is 166 Å². The third-order valence-electron chi connectivity index (χ3n) is 3.42. The number of aryl methyl sites for hydroxylation is 2. The topological polar surface area (TPSA) is 131 Å². The summed E-state index contributed by atoms with van der Waals surface area (Å²) in [5.41, 5.74) is 6.71. The maximum absolute atomic E-state index is 12.6. The van der Waals surface area contributed by atoms with Crippen LogP contribution in [0, 0.1) is 13.8 Å². The number of nitrogens with zero attached hydrogens (tertiary/aromatic N) is 1. The van der Waals surface area contributed by atoms with Gasteiger partial charge in [-0.25, -0.2) is 18.1 Å². The van der Waals surface area contributed by atoms with Gasteiger partial charge >= 0.3 is 0 Å². The van der Waals surface area contributed by atoms with E-state index in [0.717, 1.165) is 4.21 Å². The van der Waals surface area contributed by atoms with E-state index in [-0.39, 0.29) is 22.8 Å². The van der Waals surface area contributed by atoms with Gasteiger partial charge in [-0.1, -0.05) is 24.3 Å². The number of carbonyl (C=O) groups excluding carboxylic acids is 2. The molecule has 146 valence electrons. The molecule has 0 saturated carbocycles. The van der Waals surface area contributed by atoms with Crippen molar-refractivity contribution in [2.75, 3.05) is 17.6 Å². The zero-order chi connectivity index (χ0) is 20.2. The van der Waals surface area contributed by atoms with E-state index in [1.807, 2.05) is 0 Å². The minimum atomic E-state index is -3.66. The van der Waals surface area contributed by atoms with E-state index in [1.165, 1.54) is 35.2 Å². The van der Waals surface area contributed by atoms with Crippen LogP contribution in [0.4, 0.5) is 5.13 Å². The first-order valence-electron chi connectivity index (χ1n) is 7.94. The number of nitrogens with two attached hydrogens (primary N) is 1. The summed E-state index contributed by atoms with van der Waals surface area (Å²) in [5.74, 6) is -0.770. The molecule has 1 heterocycles. The molecule has 0 radical (unpaired) electrons. The van der Waals surface area contributed by atoms with Crippen LogP contribution in [-0.2, 0) is 14.8 Å². The molecular formula is C16H20N4O4S3. The van der Waals surface area contributed by atoms with E-state index < -0.39 is 21.8 Å². The molecule has 1 aromatic heterocycles. The van der Waals surface area contributed by atoms with Crippen LogP contribution in [0.5, 0.6) is 0 Å². The minimum Gasteiger partial charge on any atom is -0.369 e. The van der Waals surface area contributed by atoms with E-state index in [9.17, 15) is 18.0 Å². The van der Waals surface area contributed by atoms with Gasteiger partial charge in [0.25, 0.3) is 5.91 Å². The standard InChI is InChI=1S/C16H20N4O4S3/c1-4-18-27(23,24)11-6-5-9(2)12(7-11)14(22)20-16-19-10(3)15(26-16)25-8-13(17)21/h5-7,18H,4,8H2,1-3H3,(H2,17,21)(H,19,20,22). The van der Waals surface area contributed by atoms with Crippen LogP contribution < -0.4 is 15.8 Å².